The standard InChI is InChI=1S/C7H10Br3ClO/c8-7(9,10)6(12)4-2-1-3-5(6)11/h5,12H,1-4H2/t5-,6+/m0/s1. The molecule has 1 N–H and O–H groups in total. The van der Waals surface area contributed by atoms with Crippen LogP contribution in [0.15, 0.2) is 0 Å². The van der Waals surface area contributed by atoms with Crippen molar-refractivity contribution in [3.05, 3.63) is 0 Å². The molecular weight excluding hydrogens is 375 g/mol. The fourth-order valence-corrected chi connectivity index (χ4v) is 3.68. The van der Waals surface area contributed by atoms with Crippen molar-refractivity contribution in [3.8, 4) is 0 Å². The van der Waals surface area contributed by atoms with Crippen molar-refractivity contribution in [2.45, 2.75) is 38.8 Å². The largest absolute Gasteiger partial charge is 0.385 e. The van der Waals surface area contributed by atoms with Gasteiger partial charge in [-0.2, -0.15) is 0 Å². The van der Waals surface area contributed by atoms with Gasteiger partial charge < -0.3 is 5.11 Å². The molecule has 0 heterocycles. The first-order chi connectivity index (χ1) is 5.38. The van der Waals surface area contributed by atoms with E-state index < -0.39 is 7.74 Å². The molecule has 12 heavy (non-hydrogen) atoms. The third-order valence-corrected chi connectivity index (χ3v) is 4.91. The predicted octanol–water partition coefficient (Wildman–Crippen LogP) is 3.74. The lowest BCUT2D eigenvalue weighted by Gasteiger charge is -2.42. The molecule has 1 aliphatic carbocycles. The Morgan fingerprint density at radius 3 is 2.25 bits per heavy atom. The van der Waals surface area contributed by atoms with Crippen LogP contribution in [0.4, 0.5) is 0 Å². The summed E-state index contributed by atoms with van der Waals surface area (Å²) in [5.74, 6) is 0. The Bertz CT molecular complexity index is 171. The molecule has 0 aromatic rings. The van der Waals surface area contributed by atoms with E-state index in [4.69, 9.17) is 11.6 Å². The minimum absolute atomic E-state index is 0.204. The summed E-state index contributed by atoms with van der Waals surface area (Å²) in [6.45, 7) is 0. The van der Waals surface area contributed by atoms with E-state index in [1.807, 2.05) is 0 Å². The Morgan fingerprint density at radius 1 is 1.33 bits per heavy atom. The van der Waals surface area contributed by atoms with Gasteiger partial charge in [-0.05, 0) is 12.8 Å². The van der Waals surface area contributed by atoms with Crippen LogP contribution in [0, 0.1) is 0 Å². The van der Waals surface area contributed by atoms with E-state index in [9.17, 15) is 5.11 Å². The zero-order valence-corrected chi connectivity index (χ0v) is 11.9. The van der Waals surface area contributed by atoms with Gasteiger partial charge in [0.25, 0.3) is 0 Å². The van der Waals surface area contributed by atoms with Gasteiger partial charge in [0.15, 0.2) is 2.14 Å². The summed E-state index contributed by atoms with van der Waals surface area (Å²) in [6, 6.07) is 0. The monoisotopic (exact) mass is 382 g/mol. The Kier molecular flexibility index (Phi) is 3.97. The Hall–Kier alpha value is 1.69. The second-order valence-electron chi connectivity index (χ2n) is 3.14. The fraction of sp³-hybridized carbons (Fsp3) is 1.00. The van der Waals surface area contributed by atoms with Crippen LogP contribution >= 0.6 is 59.4 Å². The van der Waals surface area contributed by atoms with Crippen molar-refractivity contribution in [1.82, 2.24) is 0 Å². The van der Waals surface area contributed by atoms with Gasteiger partial charge in [0.05, 0.1) is 5.38 Å². The molecule has 0 bridgehead atoms. The van der Waals surface area contributed by atoms with Gasteiger partial charge in [-0.15, -0.1) is 11.6 Å². The third-order valence-electron chi connectivity index (χ3n) is 2.27. The molecule has 0 amide bonds. The van der Waals surface area contributed by atoms with E-state index in [0.717, 1.165) is 19.3 Å². The molecule has 1 fully saturated rings. The van der Waals surface area contributed by atoms with Crippen molar-refractivity contribution < 1.29 is 5.11 Å². The lowest BCUT2D eigenvalue weighted by atomic mass is 9.86. The first kappa shape index (κ1) is 11.8. The van der Waals surface area contributed by atoms with Crippen LogP contribution in [0.25, 0.3) is 0 Å². The van der Waals surface area contributed by atoms with Crippen LogP contribution in [-0.2, 0) is 0 Å². The van der Waals surface area contributed by atoms with Gasteiger partial charge in [0.1, 0.15) is 5.60 Å². The minimum atomic E-state index is -0.910. The SMILES string of the molecule is O[C@]1(C(Br)(Br)Br)CCCC[C@@H]1Cl. The predicted molar refractivity (Wildman–Crippen MR) is 62.6 cm³/mol. The van der Waals surface area contributed by atoms with Crippen molar-refractivity contribution >= 4 is 59.4 Å². The maximum Gasteiger partial charge on any atom is 0.164 e. The van der Waals surface area contributed by atoms with Crippen LogP contribution in [0.1, 0.15) is 25.7 Å². The van der Waals surface area contributed by atoms with E-state index >= 15 is 0 Å². The maximum absolute atomic E-state index is 10.2. The fourth-order valence-electron chi connectivity index (χ4n) is 1.43. The third kappa shape index (κ3) is 2.19. The average molecular weight is 385 g/mol. The molecule has 2 atom stereocenters. The second kappa shape index (κ2) is 4.05. The molecule has 1 aliphatic rings. The topological polar surface area (TPSA) is 20.2 Å². The lowest BCUT2D eigenvalue weighted by Crippen LogP contribution is -2.51. The Labute approximate surface area is 103 Å². The zero-order chi connectivity index (χ0) is 9.41. The lowest BCUT2D eigenvalue weighted by molar-refractivity contribution is 0.0215. The first-order valence-electron chi connectivity index (χ1n) is 3.81. The number of hydrogen-bond donors (Lipinski definition) is 1. The molecule has 0 radical (unpaired) electrons. The number of aliphatic hydroxyl groups is 1. The highest BCUT2D eigenvalue weighted by atomic mass is 80.0. The quantitative estimate of drug-likeness (QED) is 0.630. The number of alkyl halides is 4. The molecule has 0 spiro atoms. The van der Waals surface area contributed by atoms with Crippen molar-refractivity contribution in [3.63, 3.8) is 0 Å². The van der Waals surface area contributed by atoms with Gasteiger partial charge >= 0.3 is 0 Å². The van der Waals surface area contributed by atoms with Crippen LogP contribution in [-0.4, -0.2) is 18.2 Å². The van der Waals surface area contributed by atoms with Gasteiger partial charge in [0, 0.05) is 0 Å². The van der Waals surface area contributed by atoms with Crippen LogP contribution in [0.5, 0.6) is 0 Å². The zero-order valence-electron chi connectivity index (χ0n) is 6.36. The molecule has 0 aliphatic heterocycles. The molecule has 0 saturated heterocycles. The van der Waals surface area contributed by atoms with Crippen molar-refractivity contribution in [2.75, 3.05) is 0 Å². The summed E-state index contributed by atoms with van der Waals surface area (Å²) in [7, 11) is 0. The molecule has 5 heteroatoms. The minimum Gasteiger partial charge on any atom is -0.385 e. The number of hydrogen-bond acceptors (Lipinski definition) is 1. The first-order valence-corrected chi connectivity index (χ1v) is 6.62. The van der Waals surface area contributed by atoms with Gasteiger partial charge in [-0.25, -0.2) is 0 Å². The summed E-state index contributed by atoms with van der Waals surface area (Å²) in [5.41, 5.74) is -0.910. The summed E-state index contributed by atoms with van der Waals surface area (Å²) >= 11 is 16.1. The molecule has 0 aromatic heterocycles. The summed E-state index contributed by atoms with van der Waals surface area (Å²) in [6.07, 6.45) is 3.69. The van der Waals surface area contributed by atoms with Crippen LogP contribution in [0.2, 0.25) is 0 Å². The smallest absolute Gasteiger partial charge is 0.164 e. The Balaban J connectivity index is 2.79. The highest BCUT2D eigenvalue weighted by Gasteiger charge is 2.51. The van der Waals surface area contributed by atoms with E-state index in [2.05, 4.69) is 47.8 Å². The van der Waals surface area contributed by atoms with Gasteiger partial charge in [-0.3, -0.25) is 0 Å². The number of halogens is 4. The van der Waals surface area contributed by atoms with Crippen molar-refractivity contribution in [2.24, 2.45) is 0 Å². The van der Waals surface area contributed by atoms with E-state index in [1.165, 1.54) is 0 Å². The van der Waals surface area contributed by atoms with Crippen molar-refractivity contribution in [1.29, 1.82) is 0 Å². The van der Waals surface area contributed by atoms with Gasteiger partial charge in [0.2, 0.25) is 0 Å². The molecule has 1 saturated carbocycles. The molecule has 1 nitrogen and oxygen atoms in total. The molecule has 0 unspecified atom stereocenters. The normalized spacial score (nSPS) is 38.2. The highest BCUT2D eigenvalue weighted by Crippen LogP contribution is 2.51. The van der Waals surface area contributed by atoms with Gasteiger partial charge in [-0.1, -0.05) is 60.6 Å². The van der Waals surface area contributed by atoms with E-state index in [1.54, 1.807) is 0 Å². The van der Waals surface area contributed by atoms with Crippen LogP contribution in [0.3, 0.4) is 0 Å². The van der Waals surface area contributed by atoms with E-state index in [-0.39, 0.29) is 5.38 Å². The second-order valence-corrected chi connectivity index (χ2v) is 10.4. The summed E-state index contributed by atoms with van der Waals surface area (Å²) in [5, 5.41) is 10.00. The molecule has 1 rings (SSSR count). The van der Waals surface area contributed by atoms with Crippen LogP contribution < -0.4 is 0 Å². The van der Waals surface area contributed by atoms with E-state index in [0.29, 0.717) is 6.42 Å². The molecular formula is C7H10Br3ClO. The highest BCUT2D eigenvalue weighted by molar-refractivity contribution is 9.39. The summed E-state index contributed by atoms with van der Waals surface area (Å²) < 4.78 is -0.660. The Morgan fingerprint density at radius 2 is 1.92 bits per heavy atom. The molecule has 0 aromatic carbocycles. The average Bonchev–Trinajstić information content (AvgIpc) is 1.93. The molecule has 72 valence electrons. The number of rotatable bonds is 0. The summed E-state index contributed by atoms with van der Waals surface area (Å²) in [4.78, 5) is 0. The maximum atomic E-state index is 10.2.